The van der Waals surface area contributed by atoms with Crippen molar-refractivity contribution in [1.82, 2.24) is 25.5 Å². The zero-order valence-corrected chi connectivity index (χ0v) is 19.2. The summed E-state index contributed by atoms with van der Waals surface area (Å²) in [5.41, 5.74) is 3.47. The minimum Gasteiger partial charge on any atom is -0.481 e. The van der Waals surface area contributed by atoms with Gasteiger partial charge in [0.25, 0.3) is 0 Å². The van der Waals surface area contributed by atoms with E-state index in [0.717, 1.165) is 29.5 Å². The Kier molecular flexibility index (Phi) is 8.26. The first-order valence-corrected chi connectivity index (χ1v) is 11.1. The second-order valence-electron chi connectivity index (χ2n) is 8.08. The van der Waals surface area contributed by atoms with Crippen LogP contribution >= 0.6 is 0 Å². The van der Waals surface area contributed by atoms with Crippen LogP contribution in [0.25, 0.3) is 0 Å². The van der Waals surface area contributed by atoms with Crippen molar-refractivity contribution >= 4 is 17.6 Å². The molecule has 3 rings (SSSR count). The van der Waals surface area contributed by atoms with Crippen molar-refractivity contribution in [2.75, 3.05) is 5.32 Å². The Morgan fingerprint density at radius 1 is 1.12 bits per heavy atom. The molecule has 1 heterocycles. The standard InChI is InChI=1S/C24H30N6O3/c1-4-5-13-30-24(27-28-29-30)23(18-9-11-20(12-10-18)25-17(3)31)26-21(15-22(32)33)19-8-6-7-16(2)14-19/h6-12,14,21,23,26H,4-5,13,15H2,1-3H3,(H,25,31)(H,32,33). The van der Waals surface area contributed by atoms with Gasteiger partial charge in [-0.25, -0.2) is 4.68 Å². The van der Waals surface area contributed by atoms with Crippen molar-refractivity contribution < 1.29 is 14.7 Å². The van der Waals surface area contributed by atoms with Gasteiger partial charge in [-0.3, -0.25) is 14.9 Å². The number of aromatic nitrogens is 4. The number of rotatable bonds is 11. The Labute approximate surface area is 193 Å². The molecule has 0 saturated carbocycles. The van der Waals surface area contributed by atoms with Crippen LogP contribution in [0.15, 0.2) is 48.5 Å². The molecule has 0 radical (unpaired) electrons. The average molecular weight is 451 g/mol. The van der Waals surface area contributed by atoms with Crippen molar-refractivity contribution in [2.24, 2.45) is 0 Å². The van der Waals surface area contributed by atoms with E-state index in [1.807, 2.05) is 55.5 Å². The number of carboxylic acids is 1. The van der Waals surface area contributed by atoms with Gasteiger partial charge in [0.15, 0.2) is 5.82 Å². The monoisotopic (exact) mass is 450 g/mol. The summed E-state index contributed by atoms with van der Waals surface area (Å²) < 4.78 is 1.76. The van der Waals surface area contributed by atoms with Gasteiger partial charge >= 0.3 is 5.97 Å². The van der Waals surface area contributed by atoms with Crippen molar-refractivity contribution in [3.05, 3.63) is 71.0 Å². The summed E-state index contributed by atoms with van der Waals surface area (Å²) in [6.45, 7) is 6.19. The third-order valence-corrected chi connectivity index (χ3v) is 5.30. The van der Waals surface area contributed by atoms with Crippen LogP contribution in [0.4, 0.5) is 5.69 Å². The smallest absolute Gasteiger partial charge is 0.305 e. The van der Waals surface area contributed by atoms with Gasteiger partial charge in [-0.05, 0) is 47.0 Å². The maximum Gasteiger partial charge on any atom is 0.305 e. The van der Waals surface area contributed by atoms with Gasteiger partial charge in [0.2, 0.25) is 5.91 Å². The fourth-order valence-electron chi connectivity index (χ4n) is 3.70. The zero-order valence-electron chi connectivity index (χ0n) is 19.2. The van der Waals surface area contributed by atoms with Crippen molar-refractivity contribution in [3.8, 4) is 0 Å². The lowest BCUT2D eigenvalue weighted by molar-refractivity contribution is -0.137. The maximum atomic E-state index is 11.7. The van der Waals surface area contributed by atoms with Crippen LogP contribution in [0.5, 0.6) is 0 Å². The highest BCUT2D eigenvalue weighted by Gasteiger charge is 2.26. The molecule has 2 unspecified atom stereocenters. The molecule has 2 aromatic carbocycles. The fraction of sp³-hybridized carbons (Fsp3) is 0.375. The summed E-state index contributed by atoms with van der Waals surface area (Å²) in [5.74, 6) is -0.444. The third-order valence-electron chi connectivity index (χ3n) is 5.30. The van der Waals surface area contributed by atoms with Crippen molar-refractivity contribution in [2.45, 2.75) is 58.7 Å². The van der Waals surface area contributed by atoms with Crippen LogP contribution < -0.4 is 10.6 Å². The zero-order chi connectivity index (χ0) is 23.8. The van der Waals surface area contributed by atoms with Crippen molar-refractivity contribution in [3.63, 3.8) is 0 Å². The second kappa shape index (κ2) is 11.3. The molecule has 0 aliphatic carbocycles. The predicted molar refractivity (Wildman–Crippen MR) is 125 cm³/mol. The van der Waals surface area contributed by atoms with Gasteiger partial charge in [0.05, 0.1) is 12.5 Å². The summed E-state index contributed by atoms with van der Waals surface area (Å²) in [4.78, 5) is 23.1. The first-order valence-electron chi connectivity index (χ1n) is 11.1. The highest BCUT2D eigenvalue weighted by atomic mass is 16.4. The number of nitrogens with one attached hydrogen (secondary N) is 2. The highest BCUT2D eigenvalue weighted by Crippen LogP contribution is 2.28. The minimum absolute atomic E-state index is 0.0968. The van der Waals surface area contributed by atoms with E-state index in [9.17, 15) is 14.7 Å². The normalized spacial score (nSPS) is 12.8. The Balaban J connectivity index is 2.01. The summed E-state index contributed by atoms with van der Waals surface area (Å²) in [5, 5.41) is 28.2. The number of aryl methyl sites for hydroxylation is 2. The van der Waals surface area contributed by atoms with Crippen LogP contribution in [0.3, 0.4) is 0 Å². The van der Waals surface area contributed by atoms with Crippen LogP contribution in [0, 0.1) is 6.92 Å². The Morgan fingerprint density at radius 3 is 2.52 bits per heavy atom. The lowest BCUT2D eigenvalue weighted by Crippen LogP contribution is -2.31. The molecule has 3 aromatic rings. The van der Waals surface area contributed by atoms with Crippen LogP contribution in [0.2, 0.25) is 0 Å². The van der Waals surface area contributed by atoms with E-state index in [1.54, 1.807) is 4.68 Å². The fourth-order valence-corrected chi connectivity index (χ4v) is 3.70. The van der Waals surface area contributed by atoms with Crippen LogP contribution in [0.1, 0.15) is 67.7 Å². The van der Waals surface area contributed by atoms with E-state index >= 15 is 0 Å². The quantitative estimate of drug-likeness (QED) is 0.408. The van der Waals surface area contributed by atoms with E-state index in [-0.39, 0.29) is 12.3 Å². The molecule has 3 N–H and O–H groups in total. The third kappa shape index (κ3) is 6.69. The maximum absolute atomic E-state index is 11.7. The highest BCUT2D eigenvalue weighted by molar-refractivity contribution is 5.88. The number of hydrogen-bond acceptors (Lipinski definition) is 6. The number of amides is 1. The number of anilines is 1. The Bertz CT molecular complexity index is 1080. The number of carbonyl (C=O) groups is 2. The topological polar surface area (TPSA) is 122 Å². The molecule has 0 aliphatic rings. The molecule has 33 heavy (non-hydrogen) atoms. The van der Waals surface area contributed by atoms with E-state index in [1.165, 1.54) is 6.92 Å². The molecule has 0 saturated heterocycles. The molecular formula is C24H30N6O3. The Morgan fingerprint density at radius 2 is 1.88 bits per heavy atom. The summed E-state index contributed by atoms with van der Waals surface area (Å²) in [6.07, 6.45) is 1.82. The molecule has 2 atom stereocenters. The van der Waals surface area contributed by atoms with Crippen molar-refractivity contribution in [1.29, 1.82) is 0 Å². The molecule has 0 fully saturated rings. The first kappa shape index (κ1) is 24.1. The second-order valence-corrected chi connectivity index (χ2v) is 8.08. The molecular weight excluding hydrogens is 420 g/mol. The van der Waals surface area contributed by atoms with Gasteiger partial charge < -0.3 is 10.4 Å². The first-order chi connectivity index (χ1) is 15.9. The number of carbonyl (C=O) groups excluding carboxylic acids is 1. The number of carboxylic acid groups (broad SMARTS) is 1. The van der Waals surface area contributed by atoms with E-state index in [2.05, 4.69) is 33.1 Å². The number of hydrogen-bond donors (Lipinski definition) is 3. The SMILES string of the molecule is CCCCn1nnnc1C(NC(CC(=O)O)c1cccc(C)c1)c1ccc(NC(C)=O)cc1. The van der Waals surface area contributed by atoms with Gasteiger partial charge in [-0.1, -0.05) is 55.3 Å². The number of aliphatic carboxylic acids is 1. The minimum atomic E-state index is -0.903. The Hall–Kier alpha value is -3.59. The van der Waals surface area contributed by atoms with Gasteiger partial charge in [0, 0.05) is 25.2 Å². The molecule has 0 bridgehead atoms. The van der Waals surface area contributed by atoms with Gasteiger partial charge in [-0.15, -0.1) is 5.10 Å². The van der Waals surface area contributed by atoms with E-state index in [4.69, 9.17) is 0 Å². The largest absolute Gasteiger partial charge is 0.481 e. The number of nitrogens with zero attached hydrogens (tertiary/aromatic N) is 4. The molecule has 0 spiro atoms. The lowest BCUT2D eigenvalue weighted by atomic mass is 9.98. The number of benzene rings is 2. The van der Waals surface area contributed by atoms with Crippen LogP contribution in [-0.2, 0) is 16.1 Å². The number of tetrazole rings is 1. The van der Waals surface area contributed by atoms with Gasteiger partial charge in [-0.2, -0.15) is 0 Å². The summed E-state index contributed by atoms with van der Waals surface area (Å²) in [6, 6.07) is 14.3. The predicted octanol–water partition coefficient (Wildman–Crippen LogP) is 3.64. The average Bonchev–Trinajstić information content (AvgIpc) is 3.23. The summed E-state index contributed by atoms with van der Waals surface area (Å²) in [7, 11) is 0. The van der Waals surface area contributed by atoms with Gasteiger partial charge in [0.1, 0.15) is 0 Å². The number of unbranched alkanes of at least 4 members (excludes halogenated alkanes) is 1. The molecule has 1 amide bonds. The van der Waals surface area contributed by atoms with Crippen LogP contribution in [-0.4, -0.2) is 37.2 Å². The summed E-state index contributed by atoms with van der Waals surface area (Å²) >= 11 is 0. The molecule has 1 aromatic heterocycles. The molecule has 9 heteroatoms. The molecule has 9 nitrogen and oxygen atoms in total. The van der Waals surface area contributed by atoms with E-state index < -0.39 is 18.1 Å². The van der Waals surface area contributed by atoms with E-state index in [0.29, 0.717) is 18.1 Å². The molecule has 174 valence electrons. The lowest BCUT2D eigenvalue weighted by Gasteiger charge is -2.25. The molecule has 0 aliphatic heterocycles.